The molecular weight excluding hydrogens is 334 g/mol. The lowest BCUT2D eigenvalue weighted by Gasteiger charge is -2.07. The van der Waals surface area contributed by atoms with Crippen molar-refractivity contribution in [1.29, 1.82) is 0 Å². The molecular formula is C15H18BrN3O2. The maximum Gasteiger partial charge on any atom is 0.220 e. The Balaban J connectivity index is 1.53. The summed E-state index contributed by atoms with van der Waals surface area (Å²) >= 11 is 3.37. The molecule has 0 saturated heterocycles. The lowest BCUT2D eigenvalue weighted by atomic mass is 10.3. The molecule has 0 spiro atoms. The normalized spacial score (nSPS) is 10.3. The van der Waals surface area contributed by atoms with Crippen LogP contribution in [0.25, 0.3) is 0 Å². The van der Waals surface area contributed by atoms with Gasteiger partial charge in [-0.25, -0.2) is 4.98 Å². The SMILES string of the molecule is O=C(CCCOc1ccc(Br)cc1)NCCc1ncc[nH]1. The summed E-state index contributed by atoms with van der Waals surface area (Å²) in [6.07, 6.45) is 5.36. The van der Waals surface area contributed by atoms with Gasteiger partial charge >= 0.3 is 0 Å². The first kappa shape index (κ1) is 15.6. The molecule has 0 radical (unpaired) electrons. The van der Waals surface area contributed by atoms with E-state index in [1.54, 1.807) is 12.4 Å². The second kappa shape index (κ2) is 8.46. The van der Waals surface area contributed by atoms with Crippen LogP contribution >= 0.6 is 15.9 Å². The molecule has 0 saturated carbocycles. The highest BCUT2D eigenvalue weighted by molar-refractivity contribution is 9.10. The molecule has 1 aromatic heterocycles. The van der Waals surface area contributed by atoms with Crippen LogP contribution in [0.2, 0.25) is 0 Å². The maximum absolute atomic E-state index is 11.6. The highest BCUT2D eigenvalue weighted by atomic mass is 79.9. The minimum absolute atomic E-state index is 0.0426. The summed E-state index contributed by atoms with van der Waals surface area (Å²) in [4.78, 5) is 18.7. The molecule has 1 aromatic carbocycles. The molecule has 0 unspecified atom stereocenters. The maximum atomic E-state index is 11.6. The molecule has 0 fully saturated rings. The van der Waals surface area contributed by atoms with Crippen LogP contribution in [0.15, 0.2) is 41.1 Å². The van der Waals surface area contributed by atoms with Crippen LogP contribution in [0.1, 0.15) is 18.7 Å². The standard InChI is InChI=1S/C15H18BrN3O2/c16-12-3-5-13(6-4-12)21-11-1-2-15(20)19-8-7-14-17-9-10-18-14/h3-6,9-10H,1-2,7-8,11H2,(H,17,18)(H,19,20). The van der Waals surface area contributed by atoms with Crippen molar-refractivity contribution in [3.8, 4) is 5.75 Å². The lowest BCUT2D eigenvalue weighted by molar-refractivity contribution is -0.121. The van der Waals surface area contributed by atoms with Gasteiger partial charge < -0.3 is 15.0 Å². The summed E-state index contributed by atoms with van der Waals surface area (Å²) in [5.74, 6) is 1.74. The van der Waals surface area contributed by atoms with Crippen LogP contribution in [0.3, 0.4) is 0 Å². The van der Waals surface area contributed by atoms with E-state index >= 15 is 0 Å². The van der Waals surface area contributed by atoms with Gasteiger partial charge in [-0.1, -0.05) is 15.9 Å². The number of hydrogen-bond donors (Lipinski definition) is 2. The number of imidazole rings is 1. The zero-order chi connectivity index (χ0) is 14.9. The Morgan fingerprint density at radius 3 is 2.86 bits per heavy atom. The van der Waals surface area contributed by atoms with Gasteiger partial charge in [-0.15, -0.1) is 0 Å². The predicted molar refractivity (Wildman–Crippen MR) is 84.2 cm³/mol. The summed E-state index contributed by atoms with van der Waals surface area (Å²) < 4.78 is 6.58. The number of carbonyl (C=O) groups is 1. The van der Waals surface area contributed by atoms with Gasteiger partial charge in [0.25, 0.3) is 0 Å². The zero-order valence-electron chi connectivity index (χ0n) is 11.6. The van der Waals surface area contributed by atoms with E-state index in [0.29, 0.717) is 32.4 Å². The van der Waals surface area contributed by atoms with Crippen LogP contribution in [0.5, 0.6) is 5.75 Å². The number of hydrogen-bond acceptors (Lipinski definition) is 3. The Labute approximate surface area is 132 Å². The van der Waals surface area contributed by atoms with E-state index in [4.69, 9.17) is 4.74 Å². The van der Waals surface area contributed by atoms with Crippen molar-refractivity contribution < 1.29 is 9.53 Å². The van der Waals surface area contributed by atoms with Gasteiger partial charge in [0, 0.05) is 36.3 Å². The molecule has 2 N–H and O–H groups in total. The first-order valence-electron chi connectivity index (χ1n) is 6.87. The van der Waals surface area contributed by atoms with Crippen LogP contribution in [-0.4, -0.2) is 29.0 Å². The third-order valence-electron chi connectivity index (χ3n) is 2.87. The second-order valence-electron chi connectivity index (χ2n) is 4.54. The van der Waals surface area contributed by atoms with Crippen molar-refractivity contribution in [2.45, 2.75) is 19.3 Å². The third kappa shape index (κ3) is 5.99. The monoisotopic (exact) mass is 351 g/mol. The Bertz CT molecular complexity index is 541. The number of ether oxygens (including phenoxy) is 1. The summed E-state index contributed by atoms with van der Waals surface area (Å²) in [6, 6.07) is 7.65. The highest BCUT2D eigenvalue weighted by Gasteiger charge is 2.02. The van der Waals surface area contributed by atoms with Crippen molar-refractivity contribution in [3.63, 3.8) is 0 Å². The topological polar surface area (TPSA) is 67.0 Å². The van der Waals surface area contributed by atoms with Crippen LogP contribution in [0, 0.1) is 0 Å². The van der Waals surface area contributed by atoms with Gasteiger partial charge in [0.2, 0.25) is 5.91 Å². The Kier molecular flexibility index (Phi) is 6.27. The zero-order valence-corrected chi connectivity index (χ0v) is 13.2. The van der Waals surface area contributed by atoms with Crippen LogP contribution in [0.4, 0.5) is 0 Å². The first-order chi connectivity index (χ1) is 10.2. The number of halogens is 1. The summed E-state index contributed by atoms with van der Waals surface area (Å²) in [5.41, 5.74) is 0. The Morgan fingerprint density at radius 2 is 2.14 bits per heavy atom. The van der Waals surface area contributed by atoms with Crippen molar-refractivity contribution in [2.75, 3.05) is 13.2 Å². The fourth-order valence-corrected chi connectivity index (χ4v) is 2.06. The molecule has 1 heterocycles. The van der Waals surface area contributed by atoms with Crippen LogP contribution < -0.4 is 10.1 Å². The molecule has 0 aliphatic rings. The molecule has 2 aromatic rings. The minimum atomic E-state index is 0.0426. The van der Waals surface area contributed by atoms with E-state index in [2.05, 4.69) is 31.2 Å². The summed E-state index contributed by atoms with van der Waals surface area (Å²) in [5, 5.41) is 2.87. The lowest BCUT2D eigenvalue weighted by Crippen LogP contribution is -2.26. The molecule has 1 amide bonds. The van der Waals surface area contributed by atoms with E-state index in [1.165, 1.54) is 0 Å². The first-order valence-corrected chi connectivity index (χ1v) is 7.66. The molecule has 112 valence electrons. The van der Waals surface area contributed by atoms with Gasteiger partial charge in [-0.3, -0.25) is 4.79 Å². The number of carbonyl (C=O) groups excluding carboxylic acids is 1. The fraction of sp³-hybridized carbons (Fsp3) is 0.333. The molecule has 0 aliphatic carbocycles. The van der Waals surface area contributed by atoms with Gasteiger partial charge in [0.15, 0.2) is 0 Å². The molecule has 21 heavy (non-hydrogen) atoms. The van der Waals surface area contributed by atoms with E-state index in [-0.39, 0.29) is 5.91 Å². The summed E-state index contributed by atoms with van der Waals surface area (Å²) in [6.45, 7) is 1.13. The molecule has 0 atom stereocenters. The Hall–Kier alpha value is -1.82. The average Bonchev–Trinajstić information content (AvgIpc) is 2.99. The largest absolute Gasteiger partial charge is 0.494 e. The Morgan fingerprint density at radius 1 is 1.33 bits per heavy atom. The number of nitrogens with zero attached hydrogens (tertiary/aromatic N) is 1. The number of aromatic amines is 1. The quantitative estimate of drug-likeness (QED) is 0.718. The van der Waals surface area contributed by atoms with Crippen molar-refractivity contribution in [1.82, 2.24) is 15.3 Å². The predicted octanol–water partition coefficient (Wildman–Crippen LogP) is 2.69. The molecule has 0 bridgehead atoms. The molecule has 5 nitrogen and oxygen atoms in total. The van der Waals surface area contributed by atoms with Gasteiger partial charge in [0.1, 0.15) is 11.6 Å². The number of nitrogens with one attached hydrogen (secondary N) is 2. The molecule has 2 rings (SSSR count). The van der Waals surface area contributed by atoms with Crippen LogP contribution in [-0.2, 0) is 11.2 Å². The number of aromatic nitrogens is 2. The number of amides is 1. The van der Waals surface area contributed by atoms with Gasteiger partial charge in [-0.2, -0.15) is 0 Å². The van der Waals surface area contributed by atoms with Gasteiger partial charge in [-0.05, 0) is 30.7 Å². The smallest absolute Gasteiger partial charge is 0.220 e. The van der Waals surface area contributed by atoms with Crippen molar-refractivity contribution in [2.24, 2.45) is 0 Å². The number of benzene rings is 1. The van der Waals surface area contributed by atoms with E-state index in [1.807, 2.05) is 24.3 Å². The summed E-state index contributed by atoms with van der Waals surface area (Å²) in [7, 11) is 0. The van der Waals surface area contributed by atoms with E-state index in [0.717, 1.165) is 16.0 Å². The number of H-pyrrole nitrogens is 1. The average molecular weight is 352 g/mol. The fourth-order valence-electron chi connectivity index (χ4n) is 1.80. The van der Waals surface area contributed by atoms with Crippen molar-refractivity contribution >= 4 is 21.8 Å². The highest BCUT2D eigenvalue weighted by Crippen LogP contribution is 2.16. The minimum Gasteiger partial charge on any atom is -0.494 e. The molecule has 0 aliphatic heterocycles. The van der Waals surface area contributed by atoms with E-state index < -0.39 is 0 Å². The van der Waals surface area contributed by atoms with Crippen molar-refractivity contribution in [3.05, 3.63) is 47.0 Å². The second-order valence-corrected chi connectivity index (χ2v) is 5.46. The number of rotatable bonds is 8. The third-order valence-corrected chi connectivity index (χ3v) is 3.40. The molecule has 6 heteroatoms. The van der Waals surface area contributed by atoms with E-state index in [9.17, 15) is 4.79 Å². The van der Waals surface area contributed by atoms with Gasteiger partial charge in [0.05, 0.1) is 6.61 Å².